The van der Waals surface area contributed by atoms with Gasteiger partial charge in [0, 0.05) is 34.4 Å². The molecule has 1 aromatic rings. The molecule has 3 unspecified atom stereocenters. The van der Waals surface area contributed by atoms with Crippen molar-refractivity contribution in [3.8, 4) is 5.75 Å². The van der Waals surface area contributed by atoms with Crippen LogP contribution in [-0.2, 0) is 15.0 Å². The molecule has 28 heavy (non-hydrogen) atoms. The van der Waals surface area contributed by atoms with Crippen molar-refractivity contribution in [2.45, 2.75) is 44.9 Å². The molecule has 1 aliphatic heterocycles. The van der Waals surface area contributed by atoms with Gasteiger partial charge in [-0.25, -0.2) is 0 Å². The highest BCUT2D eigenvalue weighted by molar-refractivity contribution is 8.38. The summed E-state index contributed by atoms with van der Waals surface area (Å²) in [4.78, 5) is 0. The molecule has 0 spiro atoms. The van der Waals surface area contributed by atoms with Crippen LogP contribution in [-0.4, -0.2) is 29.1 Å². The highest BCUT2D eigenvalue weighted by atomic mass is 32.6. The number of hydrazone groups is 1. The van der Waals surface area contributed by atoms with Crippen molar-refractivity contribution in [1.82, 2.24) is 4.18 Å². The highest BCUT2D eigenvalue weighted by Crippen LogP contribution is 2.63. The Morgan fingerprint density at radius 2 is 2.07 bits per heavy atom. The van der Waals surface area contributed by atoms with Gasteiger partial charge in [0.25, 0.3) is 5.34 Å². The number of nitrogens with one attached hydrogen (secondary N) is 1. The summed E-state index contributed by atoms with van der Waals surface area (Å²) in [6.45, 7) is 4.01. The SMILES string of the molecule is CCCC(C)(OC1=CC=C(P=N)CC1)[P+]1=S(C)N1N=Cc1ccc(OC)cc1. The van der Waals surface area contributed by atoms with E-state index in [-0.39, 0.29) is 15.6 Å². The molecule has 0 aromatic heterocycles. The molecule has 150 valence electrons. The molecular formula is C20H28N3O2P2S+. The Morgan fingerprint density at radius 3 is 2.64 bits per heavy atom. The van der Waals surface area contributed by atoms with Crippen molar-refractivity contribution in [3.05, 3.63) is 53.1 Å². The molecule has 0 fully saturated rings. The quantitative estimate of drug-likeness (QED) is 0.349. The Morgan fingerprint density at radius 1 is 1.32 bits per heavy atom. The summed E-state index contributed by atoms with van der Waals surface area (Å²) in [5.74, 6) is 1.90. The van der Waals surface area contributed by atoms with Crippen LogP contribution in [0.1, 0.15) is 45.1 Å². The molecule has 8 heteroatoms. The number of nitrogens with zero attached hydrogens (tertiary/aromatic N) is 2. The highest BCUT2D eigenvalue weighted by Gasteiger charge is 2.61. The van der Waals surface area contributed by atoms with Gasteiger partial charge in [0.15, 0.2) is 10.3 Å². The van der Waals surface area contributed by atoms with Gasteiger partial charge in [-0.15, -0.1) is 5.10 Å². The van der Waals surface area contributed by atoms with Crippen molar-refractivity contribution in [2.75, 3.05) is 13.4 Å². The molecule has 0 saturated carbocycles. The zero-order valence-electron chi connectivity index (χ0n) is 16.9. The zero-order valence-corrected chi connectivity index (χ0v) is 19.5. The average Bonchev–Trinajstić information content (AvgIpc) is 3.38. The Labute approximate surface area is 172 Å². The lowest BCUT2D eigenvalue weighted by molar-refractivity contribution is 0.0802. The first-order valence-electron chi connectivity index (χ1n) is 9.41. The van der Waals surface area contributed by atoms with Crippen molar-refractivity contribution in [3.63, 3.8) is 0 Å². The summed E-state index contributed by atoms with van der Waals surface area (Å²) in [5, 5.41) is 13.2. The largest absolute Gasteiger partial charge is 0.497 e. The molecular weight excluding hydrogens is 408 g/mol. The van der Waals surface area contributed by atoms with Gasteiger partial charge in [0.05, 0.1) is 13.3 Å². The van der Waals surface area contributed by atoms with Gasteiger partial charge in [0.2, 0.25) is 0 Å². The summed E-state index contributed by atoms with van der Waals surface area (Å²) in [6, 6.07) is 7.95. The van der Waals surface area contributed by atoms with Crippen LogP contribution in [0.15, 0.2) is 52.6 Å². The molecule has 1 aliphatic carbocycles. The second-order valence-electron chi connectivity index (χ2n) is 6.92. The smallest absolute Gasteiger partial charge is 0.345 e. The minimum Gasteiger partial charge on any atom is -0.497 e. The van der Waals surface area contributed by atoms with Crippen molar-refractivity contribution in [1.29, 1.82) is 5.16 Å². The predicted molar refractivity (Wildman–Crippen MR) is 122 cm³/mol. The molecule has 2 aliphatic rings. The second kappa shape index (κ2) is 9.35. The normalized spacial score (nSPS) is 22.6. The first-order valence-corrected chi connectivity index (χ1v) is 13.8. The summed E-state index contributed by atoms with van der Waals surface area (Å²) >= 11 is 0. The molecule has 0 amide bonds. The molecule has 5 nitrogen and oxygen atoms in total. The Kier molecular flexibility index (Phi) is 7.09. The minimum absolute atomic E-state index is 0.126. The van der Waals surface area contributed by atoms with E-state index in [2.05, 4.69) is 30.4 Å². The lowest BCUT2D eigenvalue weighted by atomic mass is 10.1. The fourth-order valence-corrected chi connectivity index (χ4v) is 10.6. The number of ether oxygens (including phenoxy) is 2. The van der Waals surface area contributed by atoms with Crippen LogP contribution in [0.2, 0.25) is 0 Å². The summed E-state index contributed by atoms with van der Waals surface area (Å²) in [6.07, 6.45) is 12.2. The van der Waals surface area contributed by atoms with Gasteiger partial charge in [-0.3, -0.25) is 5.16 Å². The van der Waals surface area contributed by atoms with Crippen molar-refractivity contribution in [2.24, 2.45) is 5.10 Å². The third kappa shape index (κ3) is 4.92. The van der Waals surface area contributed by atoms with Crippen LogP contribution in [0.4, 0.5) is 0 Å². The third-order valence-electron chi connectivity index (χ3n) is 4.74. The number of benzene rings is 1. The topological polar surface area (TPSA) is 57.7 Å². The van der Waals surface area contributed by atoms with Crippen LogP contribution in [0.3, 0.4) is 0 Å². The average molecular weight is 436 g/mol. The van der Waals surface area contributed by atoms with Gasteiger partial charge in [0.1, 0.15) is 11.5 Å². The Hall–Kier alpha value is -1.48. The van der Waals surface area contributed by atoms with E-state index in [1.165, 1.54) is 0 Å². The molecule has 0 saturated heterocycles. The second-order valence-corrected chi connectivity index (χ2v) is 13.7. The number of hydrogen-bond acceptors (Lipinski definition) is 5. The van der Waals surface area contributed by atoms with Gasteiger partial charge in [-0.05, 0) is 64.3 Å². The molecule has 1 N–H and O–H groups in total. The van der Waals surface area contributed by atoms with Crippen LogP contribution in [0.25, 0.3) is 0 Å². The number of hydrogen-bond donors (Lipinski definition) is 1. The monoisotopic (exact) mass is 436 g/mol. The maximum Gasteiger partial charge on any atom is 0.345 e. The number of allylic oxidation sites excluding steroid dienone is 4. The predicted octanol–water partition coefficient (Wildman–Crippen LogP) is 6.62. The van der Waals surface area contributed by atoms with Crippen LogP contribution >= 0.6 is 15.2 Å². The lowest BCUT2D eigenvalue weighted by Gasteiger charge is -2.23. The van der Waals surface area contributed by atoms with Crippen LogP contribution < -0.4 is 4.74 Å². The van der Waals surface area contributed by atoms with Gasteiger partial charge in [-0.1, -0.05) is 6.92 Å². The van der Waals surface area contributed by atoms with E-state index >= 15 is 0 Å². The van der Waals surface area contributed by atoms with E-state index in [1.807, 2.05) is 36.6 Å². The maximum absolute atomic E-state index is 7.49. The van der Waals surface area contributed by atoms with Crippen LogP contribution in [0, 0.1) is 5.16 Å². The first-order chi connectivity index (χ1) is 13.5. The summed E-state index contributed by atoms with van der Waals surface area (Å²) in [5.41, 5.74) is 1.07. The molecule has 1 aromatic carbocycles. The van der Waals surface area contributed by atoms with E-state index in [4.69, 9.17) is 19.7 Å². The van der Waals surface area contributed by atoms with E-state index in [0.717, 1.165) is 48.1 Å². The minimum atomic E-state index is -0.456. The molecule has 3 rings (SSSR count). The molecule has 0 bridgehead atoms. The van der Waals surface area contributed by atoms with Crippen molar-refractivity contribution < 1.29 is 9.47 Å². The fraction of sp³-hybridized carbons (Fsp3) is 0.450. The Balaban J connectivity index is 1.71. The lowest BCUT2D eigenvalue weighted by Crippen LogP contribution is -2.23. The van der Waals surface area contributed by atoms with Crippen molar-refractivity contribution >= 4 is 31.7 Å². The molecule has 1 heterocycles. The van der Waals surface area contributed by atoms with Crippen LogP contribution in [0.5, 0.6) is 5.75 Å². The molecule has 3 atom stereocenters. The van der Waals surface area contributed by atoms with Gasteiger partial charge in [-0.2, -0.15) is 0 Å². The standard InChI is InChI=1S/C20H28N3O2P2S/c1-5-14-20(2,25-18-10-12-19(26-21)13-11-18)27-23(28(27)4)22-15-16-6-8-17(24-3)9-7-16/h6-10,12,15,21H,5,11,13-14H2,1-4H3/q+1. The van der Waals surface area contributed by atoms with E-state index < -0.39 is 6.85 Å². The molecule has 0 radical (unpaired) electrons. The first kappa shape index (κ1) is 21.2. The van der Waals surface area contributed by atoms with Gasteiger partial charge >= 0.3 is 6.85 Å². The Bertz CT molecular complexity index is 865. The van der Waals surface area contributed by atoms with Gasteiger partial charge < -0.3 is 9.47 Å². The maximum atomic E-state index is 7.49. The summed E-state index contributed by atoms with van der Waals surface area (Å²) < 4.78 is 14.0. The third-order valence-corrected chi connectivity index (χ3v) is 12.1. The van der Waals surface area contributed by atoms with E-state index in [0.29, 0.717) is 8.37 Å². The van der Waals surface area contributed by atoms with E-state index in [1.54, 1.807) is 7.11 Å². The fourth-order valence-electron chi connectivity index (χ4n) is 3.26. The zero-order chi connectivity index (χ0) is 20.1. The summed E-state index contributed by atoms with van der Waals surface area (Å²) in [7, 11) is 2.42. The van der Waals surface area contributed by atoms with E-state index in [9.17, 15) is 0 Å². The number of rotatable bonds is 9. The number of methoxy groups -OCH3 is 1.